The standard InChI is InChI=1S/C44H74N2O4P2/c1-45(51-47-37-23-19-29-11-3-7-15-33(29)41(37)42-34-16-8-4-12-30(34)20-24-38(42)48-51)27-28-46(2)52-49-39-25-21-31-13-5-9-17-35(31)43(39)44-36-18-10-6-14-32(36)22-26-40(44)50-52/h29-44H,3-28H2,1-2H3. The second-order valence-corrected chi connectivity index (χ2v) is 23.4. The first-order chi connectivity index (χ1) is 25.6. The Kier molecular flexibility index (Phi) is 11.4. The fourth-order valence-corrected chi connectivity index (χ4v) is 18.9. The van der Waals surface area contributed by atoms with Gasteiger partial charge in [-0.2, -0.15) is 0 Å². The molecular weight excluding hydrogens is 682 g/mol. The van der Waals surface area contributed by atoms with Crippen LogP contribution in [-0.2, 0) is 18.1 Å². The van der Waals surface area contributed by atoms with Gasteiger partial charge in [-0.15, -0.1) is 0 Å². The Morgan fingerprint density at radius 3 is 0.865 bits per heavy atom. The van der Waals surface area contributed by atoms with Gasteiger partial charge in [-0.1, -0.05) is 77.0 Å². The molecule has 8 saturated carbocycles. The summed E-state index contributed by atoms with van der Waals surface area (Å²) in [5.74, 6) is 10.2. The van der Waals surface area contributed by atoms with E-state index >= 15 is 0 Å². The number of likely N-dealkylation sites (N-methyl/N-ethyl adjacent to an activating group) is 2. The van der Waals surface area contributed by atoms with Crippen LogP contribution in [0.15, 0.2) is 0 Å². The molecule has 0 spiro atoms. The molecule has 10 rings (SSSR count). The van der Waals surface area contributed by atoms with Gasteiger partial charge in [0.05, 0.1) is 24.4 Å². The minimum Gasteiger partial charge on any atom is -0.318 e. The van der Waals surface area contributed by atoms with Gasteiger partial charge in [0.1, 0.15) is 0 Å². The van der Waals surface area contributed by atoms with Gasteiger partial charge in [-0.25, -0.2) is 9.34 Å². The van der Waals surface area contributed by atoms with Gasteiger partial charge in [-0.3, -0.25) is 0 Å². The largest absolute Gasteiger partial charge is 0.318 e. The number of hydrogen-bond donors (Lipinski definition) is 0. The zero-order valence-corrected chi connectivity index (χ0v) is 34.8. The van der Waals surface area contributed by atoms with E-state index in [0.29, 0.717) is 24.4 Å². The minimum atomic E-state index is -1.06. The van der Waals surface area contributed by atoms with Gasteiger partial charge in [0, 0.05) is 13.1 Å². The van der Waals surface area contributed by atoms with Crippen molar-refractivity contribution < 1.29 is 18.1 Å². The Morgan fingerprint density at radius 2 is 0.596 bits per heavy atom. The van der Waals surface area contributed by atoms with Crippen LogP contribution in [0.4, 0.5) is 0 Å². The Hall–Kier alpha value is 0.620. The molecule has 0 radical (unpaired) electrons. The molecule has 8 heteroatoms. The van der Waals surface area contributed by atoms with Crippen molar-refractivity contribution >= 4 is 17.1 Å². The summed E-state index contributed by atoms with van der Waals surface area (Å²) in [5.41, 5.74) is 0. The van der Waals surface area contributed by atoms with E-state index in [1.807, 2.05) is 0 Å². The summed E-state index contributed by atoms with van der Waals surface area (Å²) >= 11 is 0. The van der Waals surface area contributed by atoms with E-state index in [1.54, 1.807) is 0 Å². The normalized spacial score (nSPS) is 51.9. The van der Waals surface area contributed by atoms with Crippen molar-refractivity contribution in [3.05, 3.63) is 0 Å². The van der Waals surface area contributed by atoms with Gasteiger partial charge in [0.15, 0.2) is 0 Å². The third kappa shape index (κ3) is 6.98. The van der Waals surface area contributed by atoms with Crippen molar-refractivity contribution in [2.45, 2.75) is 179 Å². The van der Waals surface area contributed by atoms with Crippen LogP contribution in [0.2, 0.25) is 0 Å². The Balaban J connectivity index is 0.847. The lowest BCUT2D eigenvalue weighted by molar-refractivity contribution is -0.0856. The summed E-state index contributed by atoms with van der Waals surface area (Å²) in [6, 6.07) is 0. The summed E-state index contributed by atoms with van der Waals surface area (Å²) in [7, 11) is 2.51. The lowest BCUT2D eigenvalue weighted by Gasteiger charge is -2.53. The van der Waals surface area contributed by atoms with Crippen molar-refractivity contribution in [3.8, 4) is 0 Å². The summed E-state index contributed by atoms with van der Waals surface area (Å²) in [6.45, 7) is 1.91. The molecule has 2 aliphatic heterocycles. The van der Waals surface area contributed by atoms with Crippen LogP contribution in [0.5, 0.6) is 0 Å². The molecule has 294 valence electrons. The maximum atomic E-state index is 7.33. The van der Waals surface area contributed by atoms with E-state index in [-0.39, 0.29) is 0 Å². The third-order valence-corrected chi connectivity index (χ3v) is 21.3. The molecule has 52 heavy (non-hydrogen) atoms. The average Bonchev–Trinajstić information content (AvgIpc) is 3.49. The molecular formula is C44H74N2O4P2. The highest BCUT2D eigenvalue weighted by Gasteiger charge is 2.57. The quantitative estimate of drug-likeness (QED) is 0.260. The SMILES string of the molecule is CN(CCN(C)P1OC2CCC3CCCCC3C2C2C(CCC3CCCCC32)O1)P1OC2CCC3CCCCC3C2C2C(CCC3CCCCC32)O1. The zero-order chi connectivity index (χ0) is 34.8. The molecule has 0 aromatic carbocycles. The van der Waals surface area contributed by atoms with Crippen LogP contribution in [0.25, 0.3) is 0 Å². The Labute approximate surface area is 320 Å². The Bertz CT molecular complexity index is 1040. The second kappa shape index (κ2) is 16.1. The summed E-state index contributed by atoms with van der Waals surface area (Å²) in [6.07, 6.45) is 35.5. The molecule has 0 N–H and O–H groups in total. The highest BCUT2D eigenvalue weighted by Crippen LogP contribution is 2.64. The van der Waals surface area contributed by atoms with E-state index in [0.717, 1.165) is 84.1 Å². The van der Waals surface area contributed by atoms with Gasteiger partial charge >= 0.3 is 0 Å². The number of fused-ring (bicyclic) bond motifs is 14. The van der Waals surface area contributed by atoms with E-state index in [2.05, 4.69) is 23.4 Å². The van der Waals surface area contributed by atoms with Gasteiger partial charge in [0.2, 0.25) is 0 Å². The lowest BCUT2D eigenvalue weighted by Crippen LogP contribution is -2.51. The van der Waals surface area contributed by atoms with Crippen molar-refractivity contribution in [2.75, 3.05) is 27.2 Å². The van der Waals surface area contributed by atoms with Crippen LogP contribution in [0, 0.1) is 71.0 Å². The molecule has 6 nitrogen and oxygen atoms in total. The van der Waals surface area contributed by atoms with Crippen molar-refractivity contribution in [1.29, 1.82) is 0 Å². The lowest BCUT2D eigenvalue weighted by atomic mass is 9.53. The molecule has 0 amide bonds. The fourth-order valence-electron chi connectivity index (χ4n) is 15.7. The van der Waals surface area contributed by atoms with Crippen LogP contribution < -0.4 is 0 Å². The van der Waals surface area contributed by atoms with Crippen molar-refractivity contribution in [3.63, 3.8) is 0 Å². The van der Waals surface area contributed by atoms with Crippen LogP contribution in [0.3, 0.4) is 0 Å². The second-order valence-electron chi connectivity index (χ2n) is 20.3. The molecule has 0 aromatic rings. The molecule has 8 aliphatic carbocycles. The fraction of sp³-hybridized carbons (Fsp3) is 1.00. The minimum absolute atomic E-state index is 0.401. The molecule has 0 aromatic heterocycles. The first-order valence-corrected chi connectivity index (χ1v) is 25.6. The van der Waals surface area contributed by atoms with Gasteiger partial charge in [-0.05, 0) is 162 Å². The molecule has 10 fully saturated rings. The topological polar surface area (TPSA) is 43.4 Å². The van der Waals surface area contributed by atoms with Crippen molar-refractivity contribution in [1.82, 2.24) is 9.34 Å². The van der Waals surface area contributed by atoms with E-state index < -0.39 is 17.1 Å². The average molecular weight is 757 g/mol. The van der Waals surface area contributed by atoms with E-state index in [4.69, 9.17) is 18.1 Å². The summed E-state index contributed by atoms with van der Waals surface area (Å²) in [5, 5.41) is 0. The molecule has 16 unspecified atom stereocenters. The monoisotopic (exact) mass is 757 g/mol. The number of hydrogen-bond acceptors (Lipinski definition) is 6. The third-order valence-electron chi connectivity index (χ3n) is 18.0. The highest BCUT2D eigenvalue weighted by molar-refractivity contribution is 7.45. The predicted octanol–water partition coefficient (Wildman–Crippen LogP) is 11.7. The zero-order valence-electron chi connectivity index (χ0n) is 33.0. The molecule has 16 atom stereocenters. The maximum absolute atomic E-state index is 7.33. The Morgan fingerprint density at radius 1 is 0.346 bits per heavy atom. The van der Waals surface area contributed by atoms with Crippen LogP contribution in [0.1, 0.15) is 154 Å². The maximum Gasteiger partial charge on any atom is 0.259 e. The predicted molar refractivity (Wildman–Crippen MR) is 211 cm³/mol. The highest BCUT2D eigenvalue weighted by atomic mass is 31.2. The van der Waals surface area contributed by atoms with Crippen LogP contribution >= 0.6 is 17.1 Å². The van der Waals surface area contributed by atoms with Crippen LogP contribution in [-0.4, -0.2) is 60.9 Å². The number of nitrogens with zero attached hydrogens (tertiary/aromatic N) is 2. The molecule has 2 saturated heterocycles. The number of rotatable bonds is 5. The summed E-state index contributed by atoms with van der Waals surface area (Å²) < 4.78 is 34.3. The first-order valence-electron chi connectivity index (χ1n) is 23.3. The van der Waals surface area contributed by atoms with Crippen molar-refractivity contribution in [2.24, 2.45) is 71.0 Å². The molecule has 0 bridgehead atoms. The van der Waals surface area contributed by atoms with E-state index in [9.17, 15) is 0 Å². The summed E-state index contributed by atoms with van der Waals surface area (Å²) in [4.78, 5) is 0. The van der Waals surface area contributed by atoms with Gasteiger partial charge in [0.25, 0.3) is 17.1 Å². The smallest absolute Gasteiger partial charge is 0.259 e. The molecule has 2 heterocycles. The first kappa shape index (κ1) is 36.9. The van der Waals surface area contributed by atoms with E-state index in [1.165, 1.54) is 154 Å². The van der Waals surface area contributed by atoms with Gasteiger partial charge < -0.3 is 18.1 Å². The molecule has 10 aliphatic rings.